The topological polar surface area (TPSA) is 6.48 Å². The van der Waals surface area contributed by atoms with Crippen molar-refractivity contribution < 1.29 is 0 Å². The first-order valence-corrected chi connectivity index (χ1v) is 21.3. The highest BCUT2D eigenvalue weighted by Crippen LogP contribution is 2.59. The van der Waals surface area contributed by atoms with Crippen LogP contribution in [0.2, 0.25) is 0 Å². The summed E-state index contributed by atoms with van der Waals surface area (Å²) in [4.78, 5) is 4.96. The number of hydrogen-bond donors (Lipinski definition) is 0. The van der Waals surface area contributed by atoms with Crippen molar-refractivity contribution in [2.75, 3.05) is 9.80 Å². The minimum Gasteiger partial charge on any atom is -0.314 e. The second-order valence-corrected chi connectivity index (χ2v) is 17.4. The van der Waals surface area contributed by atoms with Gasteiger partial charge in [-0.15, -0.1) is 0 Å². The van der Waals surface area contributed by atoms with Crippen LogP contribution in [0.3, 0.4) is 0 Å². The van der Waals surface area contributed by atoms with Crippen molar-refractivity contribution in [3.8, 4) is 11.1 Å². The molecule has 0 radical (unpaired) electrons. The van der Waals surface area contributed by atoms with E-state index in [-0.39, 0.29) is 10.8 Å². The lowest BCUT2D eigenvalue weighted by Crippen LogP contribution is -2.38. The van der Waals surface area contributed by atoms with Crippen molar-refractivity contribution in [1.29, 1.82) is 0 Å². The molecule has 6 aromatic rings. The Kier molecular flexibility index (Phi) is 9.97. The monoisotopic (exact) mass is 766 g/mol. The lowest BCUT2D eigenvalue weighted by Gasteiger charge is -2.42. The van der Waals surface area contributed by atoms with Crippen LogP contribution >= 0.6 is 0 Å². The fraction of sp³-hybridized carbons (Fsp3) is 0.193. The van der Waals surface area contributed by atoms with Gasteiger partial charge in [0.25, 0.3) is 0 Å². The highest BCUT2D eigenvalue weighted by molar-refractivity contribution is 5.89. The van der Waals surface area contributed by atoms with Gasteiger partial charge in [-0.3, -0.25) is 0 Å². The Hall–Kier alpha value is -6.38. The van der Waals surface area contributed by atoms with Crippen molar-refractivity contribution >= 4 is 17.1 Å². The van der Waals surface area contributed by atoms with E-state index in [0.717, 1.165) is 42.0 Å². The van der Waals surface area contributed by atoms with Gasteiger partial charge in [-0.1, -0.05) is 174 Å². The molecule has 1 unspecified atom stereocenters. The molecule has 0 fully saturated rings. The van der Waals surface area contributed by atoms with Crippen molar-refractivity contribution in [2.24, 2.45) is 10.8 Å². The molecule has 0 aromatic heterocycles. The maximum atomic E-state index is 2.51. The Morgan fingerprint density at radius 1 is 0.593 bits per heavy atom. The van der Waals surface area contributed by atoms with Gasteiger partial charge in [0.05, 0.1) is 5.41 Å². The number of fused-ring (bicyclic) bond motifs is 4. The van der Waals surface area contributed by atoms with Gasteiger partial charge in [0.1, 0.15) is 0 Å². The van der Waals surface area contributed by atoms with E-state index in [4.69, 9.17) is 0 Å². The van der Waals surface area contributed by atoms with Crippen LogP contribution in [0.5, 0.6) is 0 Å². The van der Waals surface area contributed by atoms with E-state index in [0.29, 0.717) is 0 Å². The third kappa shape index (κ3) is 6.61. The summed E-state index contributed by atoms with van der Waals surface area (Å²) >= 11 is 0. The number of nitrogens with zero attached hydrogens (tertiary/aromatic N) is 2. The van der Waals surface area contributed by atoms with E-state index in [1.54, 1.807) is 0 Å². The summed E-state index contributed by atoms with van der Waals surface area (Å²) in [5, 5.41) is 0. The van der Waals surface area contributed by atoms with E-state index in [9.17, 15) is 0 Å². The Balaban J connectivity index is 1.36. The summed E-state index contributed by atoms with van der Waals surface area (Å²) < 4.78 is 0. The van der Waals surface area contributed by atoms with E-state index in [1.165, 1.54) is 50.3 Å². The molecule has 6 aromatic carbocycles. The van der Waals surface area contributed by atoms with E-state index in [1.807, 2.05) is 0 Å². The van der Waals surface area contributed by atoms with Gasteiger partial charge < -0.3 is 9.80 Å². The summed E-state index contributed by atoms with van der Waals surface area (Å²) in [5.41, 5.74) is 15.6. The molecule has 0 spiro atoms. The highest BCUT2D eigenvalue weighted by atomic mass is 15.2. The highest BCUT2D eigenvalue weighted by Gasteiger charge is 2.50. The second kappa shape index (κ2) is 15.4. The zero-order valence-electron chi connectivity index (χ0n) is 35.1. The molecule has 2 heteroatoms. The zero-order valence-corrected chi connectivity index (χ0v) is 35.1. The number of para-hydroxylation sites is 3. The Bertz CT molecular complexity index is 2550. The predicted molar refractivity (Wildman–Crippen MR) is 250 cm³/mol. The largest absolute Gasteiger partial charge is 0.314 e. The molecule has 59 heavy (non-hydrogen) atoms. The molecule has 0 N–H and O–H groups in total. The summed E-state index contributed by atoms with van der Waals surface area (Å²) in [7, 11) is 0. The Morgan fingerprint density at radius 3 is 1.63 bits per heavy atom. The Morgan fingerprint density at radius 2 is 1.12 bits per heavy atom. The number of allylic oxidation sites excluding steroid dienone is 9. The van der Waals surface area contributed by atoms with Gasteiger partial charge in [0.2, 0.25) is 0 Å². The molecule has 2 nitrogen and oxygen atoms in total. The average Bonchev–Trinajstić information content (AvgIpc) is 3.39. The van der Waals surface area contributed by atoms with Crippen LogP contribution in [0.4, 0.5) is 17.1 Å². The van der Waals surface area contributed by atoms with Crippen LogP contribution in [-0.4, -0.2) is 0 Å². The van der Waals surface area contributed by atoms with E-state index >= 15 is 0 Å². The van der Waals surface area contributed by atoms with Crippen LogP contribution in [0.1, 0.15) is 68.9 Å². The number of rotatable bonds is 10. The number of anilines is 3. The second-order valence-electron chi connectivity index (χ2n) is 17.4. The summed E-state index contributed by atoms with van der Waals surface area (Å²) in [6, 6.07) is 58.2. The lowest BCUT2D eigenvalue weighted by atomic mass is 9.67. The maximum Gasteiger partial charge on any atom is 0.0869 e. The minimum atomic E-state index is -0.644. The van der Waals surface area contributed by atoms with Crippen LogP contribution < -0.4 is 9.80 Å². The summed E-state index contributed by atoms with van der Waals surface area (Å²) in [6.45, 7) is 11.6. The molecule has 0 aliphatic heterocycles. The number of benzene rings is 6. The molecule has 0 saturated heterocycles. The van der Waals surface area contributed by atoms with E-state index in [2.05, 4.69) is 245 Å². The molecule has 0 saturated carbocycles. The predicted octanol–water partition coefficient (Wildman–Crippen LogP) is 14.7. The van der Waals surface area contributed by atoms with Gasteiger partial charge in [-0.05, 0) is 124 Å². The van der Waals surface area contributed by atoms with Crippen molar-refractivity contribution in [1.82, 2.24) is 0 Å². The average molecular weight is 767 g/mol. The quantitative estimate of drug-likeness (QED) is 0.128. The van der Waals surface area contributed by atoms with Crippen LogP contribution in [0, 0.1) is 10.8 Å². The number of aryl methyl sites for hydroxylation is 2. The van der Waals surface area contributed by atoms with Crippen LogP contribution in [0.25, 0.3) is 11.1 Å². The molecule has 9 rings (SSSR count). The molecule has 1 atom stereocenters. The van der Waals surface area contributed by atoms with E-state index < -0.39 is 5.41 Å². The van der Waals surface area contributed by atoms with Crippen molar-refractivity contribution in [3.63, 3.8) is 0 Å². The zero-order chi connectivity index (χ0) is 40.6. The fourth-order valence-corrected chi connectivity index (χ4v) is 9.30. The molecule has 0 heterocycles. The molecule has 0 bridgehead atoms. The van der Waals surface area contributed by atoms with Gasteiger partial charge in [-0.25, -0.2) is 0 Å². The molecular weight excluding hydrogens is 713 g/mol. The fourth-order valence-electron chi connectivity index (χ4n) is 9.30. The van der Waals surface area contributed by atoms with Gasteiger partial charge >= 0.3 is 0 Å². The molecule has 292 valence electrons. The first-order chi connectivity index (χ1) is 28.7. The Labute approximate surface area is 351 Å². The third-order valence-corrected chi connectivity index (χ3v) is 13.2. The lowest BCUT2D eigenvalue weighted by molar-refractivity contribution is 0.228. The van der Waals surface area contributed by atoms with Crippen molar-refractivity contribution in [2.45, 2.75) is 59.3 Å². The first kappa shape index (κ1) is 38.2. The molecule has 3 aliphatic carbocycles. The molecule has 3 aliphatic rings. The normalized spacial score (nSPS) is 17.9. The van der Waals surface area contributed by atoms with Gasteiger partial charge in [-0.2, -0.15) is 0 Å². The number of hydrogen-bond acceptors (Lipinski definition) is 2. The van der Waals surface area contributed by atoms with Crippen LogP contribution in [0.15, 0.2) is 217 Å². The van der Waals surface area contributed by atoms with Crippen LogP contribution in [-0.2, 0) is 18.3 Å². The van der Waals surface area contributed by atoms with Gasteiger partial charge in [0.15, 0.2) is 0 Å². The molecule has 0 amide bonds. The first-order valence-electron chi connectivity index (χ1n) is 21.3. The molecular formula is C57H54N2. The third-order valence-electron chi connectivity index (χ3n) is 13.2. The van der Waals surface area contributed by atoms with Crippen molar-refractivity contribution in [3.05, 3.63) is 245 Å². The van der Waals surface area contributed by atoms with Gasteiger partial charge in [0, 0.05) is 39.6 Å². The maximum absolute atomic E-state index is 2.51. The smallest absolute Gasteiger partial charge is 0.0869 e. The summed E-state index contributed by atoms with van der Waals surface area (Å²) in [5.74, 6) is 0. The SMILES string of the molecule is CC/C(=C\C=C(\N(c1ccccc1)c1ccccc1)C1(c2ccc3c(c2)CC3)c2ccccc2-c2ccccc21)N(C1=CC=CC(C)(C(C)(C)C)C=C1)c1ccccc1. The summed E-state index contributed by atoms with van der Waals surface area (Å²) in [6.07, 6.45) is 19.5. The minimum absolute atomic E-state index is 0.0565. The standard InChI is InChI=1S/C57H54N2/c1-6-45(58(46-21-10-7-11-22-46)49-27-20-39-56(5,40-38-49)55(2,3)4)36-37-54(59(47-23-12-8-13-24-47)48-25-14-9-15-26-48)57(44-35-34-42-32-33-43(42)41-44)52-30-18-16-28-50(52)51-29-17-19-31-53(51)57/h7-31,34-41H,6,32-33H2,1-5H3/b45-36+,54-37+.